The molecule has 0 saturated heterocycles. The van der Waals surface area contributed by atoms with Gasteiger partial charge in [-0.15, -0.1) is 0 Å². The Morgan fingerprint density at radius 1 is 1.00 bits per heavy atom. The van der Waals surface area contributed by atoms with Gasteiger partial charge in [-0.1, -0.05) is 35.9 Å². The maximum absolute atomic E-state index is 14.2. The number of rotatable bonds is 3. The molecule has 26 heavy (non-hydrogen) atoms. The third kappa shape index (κ3) is 2.83. The van der Waals surface area contributed by atoms with E-state index in [0.29, 0.717) is 23.4 Å². The Morgan fingerprint density at radius 3 is 2.38 bits per heavy atom. The molecule has 0 fully saturated rings. The van der Waals surface area contributed by atoms with E-state index < -0.39 is 11.6 Å². The zero-order valence-corrected chi connectivity index (χ0v) is 14.0. The molecule has 1 N–H and O–H groups in total. The Morgan fingerprint density at radius 2 is 1.69 bits per heavy atom. The van der Waals surface area contributed by atoms with Crippen LogP contribution in [-0.4, -0.2) is 15.9 Å². The van der Waals surface area contributed by atoms with Crippen LogP contribution in [0.1, 0.15) is 32.9 Å². The minimum Gasteiger partial charge on any atom is -0.346 e. The monoisotopic (exact) mass is 351 g/mol. The highest BCUT2D eigenvalue weighted by Gasteiger charge is 2.28. The quantitative estimate of drug-likeness (QED) is 0.785. The van der Waals surface area contributed by atoms with Gasteiger partial charge in [0.2, 0.25) is 0 Å². The Labute approximate surface area is 148 Å². The number of aromatic nitrogens is 2. The van der Waals surface area contributed by atoms with Crippen LogP contribution >= 0.6 is 0 Å². The predicted molar refractivity (Wildman–Crippen MR) is 92.5 cm³/mol. The molecule has 2 aromatic carbocycles. The number of hydrogen-bond donors (Lipinski definition) is 1. The second-order valence-corrected chi connectivity index (χ2v) is 6.26. The van der Waals surface area contributed by atoms with E-state index in [-0.39, 0.29) is 23.8 Å². The van der Waals surface area contributed by atoms with E-state index in [4.69, 9.17) is 0 Å². The van der Waals surface area contributed by atoms with E-state index in [1.807, 2.05) is 31.2 Å². The van der Waals surface area contributed by atoms with Gasteiger partial charge in [0.1, 0.15) is 11.6 Å². The normalized spacial score (nSPS) is 12.8. The summed E-state index contributed by atoms with van der Waals surface area (Å²) in [5, 5.41) is 2.70. The minimum atomic E-state index is -0.733. The van der Waals surface area contributed by atoms with Crippen molar-refractivity contribution in [2.75, 3.05) is 0 Å². The molecule has 0 spiro atoms. The van der Waals surface area contributed by atoms with E-state index >= 15 is 0 Å². The summed E-state index contributed by atoms with van der Waals surface area (Å²) in [6.45, 7) is 2.21. The third-order valence-electron chi connectivity index (χ3n) is 4.38. The third-order valence-corrected chi connectivity index (χ3v) is 4.38. The van der Waals surface area contributed by atoms with Gasteiger partial charge in [0.05, 0.1) is 29.1 Å². The molecule has 1 amide bonds. The first kappa shape index (κ1) is 16.3. The van der Waals surface area contributed by atoms with Crippen molar-refractivity contribution in [3.63, 3.8) is 0 Å². The summed E-state index contributed by atoms with van der Waals surface area (Å²) in [4.78, 5) is 20.8. The molecule has 0 atom stereocenters. The molecule has 4 rings (SSSR count). The lowest BCUT2D eigenvalue weighted by atomic mass is 10.0. The topological polar surface area (TPSA) is 54.9 Å². The second kappa shape index (κ2) is 6.29. The number of carbonyl (C=O) groups is 1. The van der Waals surface area contributed by atoms with Gasteiger partial charge in [-0.2, -0.15) is 0 Å². The van der Waals surface area contributed by atoms with Crippen LogP contribution in [0.4, 0.5) is 8.78 Å². The number of aryl methyl sites for hydroxylation is 1. The minimum absolute atomic E-state index is 0.0436. The molecule has 0 radical (unpaired) electrons. The number of hydrogen-bond acceptors (Lipinski definition) is 3. The van der Waals surface area contributed by atoms with Crippen molar-refractivity contribution in [1.29, 1.82) is 0 Å². The van der Waals surface area contributed by atoms with E-state index in [9.17, 15) is 13.6 Å². The van der Waals surface area contributed by atoms with E-state index in [0.717, 1.165) is 23.3 Å². The second-order valence-electron chi connectivity index (χ2n) is 6.26. The zero-order valence-electron chi connectivity index (χ0n) is 14.0. The summed E-state index contributed by atoms with van der Waals surface area (Å²) in [7, 11) is 0. The molecule has 0 bridgehead atoms. The number of halogens is 2. The van der Waals surface area contributed by atoms with Crippen molar-refractivity contribution in [2.45, 2.75) is 19.9 Å². The summed E-state index contributed by atoms with van der Waals surface area (Å²) >= 11 is 0. The average Bonchev–Trinajstić information content (AvgIpc) is 2.98. The van der Waals surface area contributed by atoms with Crippen LogP contribution in [0.15, 0.2) is 42.5 Å². The number of nitrogens with one attached hydrogen (secondary N) is 1. The maximum Gasteiger partial charge on any atom is 0.255 e. The van der Waals surface area contributed by atoms with E-state index in [1.54, 1.807) is 0 Å². The molecule has 130 valence electrons. The van der Waals surface area contributed by atoms with Crippen LogP contribution in [0, 0.1) is 18.6 Å². The van der Waals surface area contributed by atoms with Crippen molar-refractivity contribution in [1.82, 2.24) is 15.3 Å². The summed E-state index contributed by atoms with van der Waals surface area (Å²) in [6.07, 6.45) is 0.377. The van der Waals surface area contributed by atoms with Crippen LogP contribution in [0.25, 0.3) is 11.4 Å². The van der Waals surface area contributed by atoms with Crippen molar-refractivity contribution >= 4 is 5.91 Å². The first-order chi connectivity index (χ1) is 12.5. The molecule has 1 aromatic heterocycles. The summed E-state index contributed by atoms with van der Waals surface area (Å²) in [5.41, 5.74) is 3.12. The Kier molecular flexibility index (Phi) is 3.95. The molecule has 6 heteroatoms. The molecule has 0 unspecified atom stereocenters. The van der Waals surface area contributed by atoms with Crippen molar-refractivity contribution in [3.8, 4) is 11.4 Å². The van der Waals surface area contributed by atoms with Crippen molar-refractivity contribution < 1.29 is 13.6 Å². The van der Waals surface area contributed by atoms with Crippen molar-refractivity contribution in [2.24, 2.45) is 0 Å². The number of nitrogens with zero attached hydrogens (tertiary/aromatic N) is 2. The van der Waals surface area contributed by atoms with E-state index in [2.05, 4.69) is 15.3 Å². The Bertz CT molecular complexity index is 996. The molecular formula is C20H15F2N3O. The fraction of sp³-hybridized carbons (Fsp3) is 0.150. The molecule has 4 nitrogen and oxygen atoms in total. The van der Waals surface area contributed by atoms with Crippen molar-refractivity contribution in [3.05, 3.63) is 82.2 Å². The highest BCUT2D eigenvalue weighted by Crippen LogP contribution is 2.27. The lowest BCUT2D eigenvalue weighted by Crippen LogP contribution is -2.14. The van der Waals surface area contributed by atoms with Gasteiger partial charge in [-0.3, -0.25) is 4.79 Å². The lowest BCUT2D eigenvalue weighted by Gasteiger charge is -2.10. The Hall–Kier alpha value is -3.15. The molecule has 0 aliphatic carbocycles. The predicted octanol–water partition coefficient (Wildman–Crippen LogP) is 3.56. The number of amides is 1. The summed E-state index contributed by atoms with van der Waals surface area (Å²) in [6, 6.07) is 11.4. The molecule has 0 saturated carbocycles. The van der Waals surface area contributed by atoms with Crippen LogP contribution in [-0.2, 0) is 13.0 Å². The number of fused-ring (bicyclic) bond motifs is 1. The van der Waals surface area contributed by atoms with Crippen LogP contribution in [0.5, 0.6) is 0 Å². The van der Waals surface area contributed by atoms with Gasteiger partial charge >= 0.3 is 0 Å². The maximum atomic E-state index is 14.2. The number of carbonyl (C=O) groups excluding carboxylic acids is 1. The fourth-order valence-corrected chi connectivity index (χ4v) is 3.05. The van der Waals surface area contributed by atoms with Gasteiger partial charge in [0.25, 0.3) is 5.91 Å². The standard InChI is InChI=1S/C20H15F2N3O/c1-11-5-7-12(8-6-11)9-15-18-16(10-23-20(18)26)25-19(24-15)17-13(21)3-2-4-14(17)22/h2-8H,9-10H2,1H3,(H,23,26). The van der Waals surface area contributed by atoms with Gasteiger partial charge < -0.3 is 5.32 Å². The smallest absolute Gasteiger partial charge is 0.255 e. The zero-order chi connectivity index (χ0) is 18.3. The molecule has 3 aromatic rings. The van der Waals surface area contributed by atoms with Crippen LogP contribution < -0.4 is 5.32 Å². The molecule has 1 aliphatic rings. The number of benzene rings is 2. The SMILES string of the molecule is Cc1ccc(Cc2nc(-c3c(F)cccc3F)nc3c2C(=O)NC3)cc1. The highest BCUT2D eigenvalue weighted by molar-refractivity contribution is 5.99. The fourth-order valence-electron chi connectivity index (χ4n) is 3.05. The molecular weight excluding hydrogens is 336 g/mol. The van der Waals surface area contributed by atoms with Gasteiger partial charge in [-0.25, -0.2) is 18.7 Å². The highest BCUT2D eigenvalue weighted by atomic mass is 19.1. The van der Waals surface area contributed by atoms with E-state index in [1.165, 1.54) is 6.07 Å². The average molecular weight is 351 g/mol. The first-order valence-electron chi connectivity index (χ1n) is 8.21. The lowest BCUT2D eigenvalue weighted by molar-refractivity contribution is 0.0964. The van der Waals surface area contributed by atoms with Crippen LogP contribution in [0.3, 0.4) is 0 Å². The molecule has 1 aliphatic heterocycles. The van der Waals surface area contributed by atoms with Gasteiger partial charge in [0, 0.05) is 6.42 Å². The van der Waals surface area contributed by atoms with Gasteiger partial charge in [0.15, 0.2) is 5.82 Å². The Balaban J connectivity index is 1.86. The van der Waals surface area contributed by atoms with Crippen LogP contribution in [0.2, 0.25) is 0 Å². The largest absolute Gasteiger partial charge is 0.346 e. The summed E-state index contributed by atoms with van der Waals surface area (Å²) in [5.74, 6) is -1.77. The summed E-state index contributed by atoms with van der Waals surface area (Å²) < 4.78 is 28.3. The first-order valence-corrected chi connectivity index (χ1v) is 8.21. The molecule has 2 heterocycles. The van der Waals surface area contributed by atoms with Gasteiger partial charge in [-0.05, 0) is 24.6 Å².